The van der Waals surface area contributed by atoms with Gasteiger partial charge < -0.3 is 10.4 Å². The molecule has 1 atom stereocenters. The number of aromatic hydroxyl groups is 1. The molecule has 1 amide bonds. The average Bonchev–Trinajstić information content (AvgIpc) is 3.56. The average molecular weight is 425 g/mol. The van der Waals surface area contributed by atoms with Gasteiger partial charge in [-0.05, 0) is 54.5 Å². The molecule has 4 rings (SSSR count). The second-order valence-corrected chi connectivity index (χ2v) is 9.69. The molecule has 0 heterocycles. The van der Waals surface area contributed by atoms with Crippen LogP contribution in [0.5, 0.6) is 5.75 Å². The zero-order valence-corrected chi connectivity index (χ0v) is 17.4. The molecule has 0 spiro atoms. The summed E-state index contributed by atoms with van der Waals surface area (Å²) < 4.78 is 25.3. The summed E-state index contributed by atoms with van der Waals surface area (Å²) in [4.78, 5) is 13.3. The Morgan fingerprint density at radius 3 is 2.47 bits per heavy atom. The van der Waals surface area contributed by atoms with Crippen molar-refractivity contribution in [2.45, 2.75) is 19.3 Å². The first-order valence-electron chi connectivity index (χ1n) is 9.84. The third-order valence-corrected chi connectivity index (χ3v) is 6.20. The number of allylic oxidation sites excluding steroid dienone is 3. The van der Waals surface area contributed by atoms with Gasteiger partial charge in [-0.25, -0.2) is 8.42 Å². The number of rotatable bonds is 6. The molecular formula is C23H24N2O4S. The predicted molar refractivity (Wildman–Crippen MR) is 119 cm³/mol. The van der Waals surface area contributed by atoms with E-state index in [4.69, 9.17) is 0 Å². The Hall–Kier alpha value is -3.06. The molecule has 2 aliphatic carbocycles. The normalized spacial score (nSPS) is 21.0. The van der Waals surface area contributed by atoms with Crippen LogP contribution in [0.1, 0.15) is 24.8 Å². The SMILES string of the molecule is CS(=O)(=O)Nc1cc(NC(=O)C2(C3CC3)C=CC(c3ccccc3)=CC2)ccc1O. The molecule has 2 aromatic carbocycles. The van der Waals surface area contributed by atoms with Crippen LogP contribution in [0.4, 0.5) is 11.4 Å². The van der Waals surface area contributed by atoms with Gasteiger partial charge in [0.25, 0.3) is 0 Å². The highest BCUT2D eigenvalue weighted by molar-refractivity contribution is 7.92. The van der Waals surface area contributed by atoms with Gasteiger partial charge in [-0.2, -0.15) is 0 Å². The van der Waals surface area contributed by atoms with Gasteiger partial charge in [0.1, 0.15) is 5.75 Å². The number of carbonyl (C=O) groups is 1. The van der Waals surface area contributed by atoms with E-state index in [0.717, 1.165) is 30.2 Å². The summed E-state index contributed by atoms with van der Waals surface area (Å²) >= 11 is 0. The highest BCUT2D eigenvalue weighted by Crippen LogP contribution is 2.52. The number of phenolic OH excluding ortho intramolecular Hbond substituents is 1. The molecule has 0 aliphatic heterocycles. The van der Waals surface area contributed by atoms with Gasteiger partial charge in [-0.1, -0.05) is 48.6 Å². The molecular weight excluding hydrogens is 400 g/mol. The van der Waals surface area contributed by atoms with Crippen LogP contribution in [-0.4, -0.2) is 25.7 Å². The number of amides is 1. The third-order valence-electron chi connectivity index (χ3n) is 5.61. The highest BCUT2D eigenvalue weighted by atomic mass is 32.2. The first kappa shape index (κ1) is 20.2. The molecule has 1 fully saturated rings. The lowest BCUT2D eigenvalue weighted by atomic mass is 9.74. The largest absolute Gasteiger partial charge is 0.506 e. The lowest BCUT2D eigenvalue weighted by molar-refractivity contribution is -0.124. The molecule has 7 heteroatoms. The Labute approximate surface area is 176 Å². The van der Waals surface area contributed by atoms with Crippen molar-refractivity contribution in [2.75, 3.05) is 16.3 Å². The maximum atomic E-state index is 13.3. The number of anilines is 2. The lowest BCUT2D eigenvalue weighted by Crippen LogP contribution is -2.37. The molecule has 30 heavy (non-hydrogen) atoms. The van der Waals surface area contributed by atoms with E-state index in [1.807, 2.05) is 42.5 Å². The number of hydrogen-bond acceptors (Lipinski definition) is 4. The van der Waals surface area contributed by atoms with Crippen LogP contribution in [0.15, 0.2) is 66.8 Å². The fraction of sp³-hybridized carbons (Fsp3) is 0.261. The van der Waals surface area contributed by atoms with Gasteiger partial charge >= 0.3 is 0 Å². The van der Waals surface area contributed by atoms with Crippen molar-refractivity contribution >= 4 is 32.9 Å². The molecule has 3 N–H and O–H groups in total. The molecule has 0 saturated heterocycles. The smallest absolute Gasteiger partial charge is 0.235 e. The van der Waals surface area contributed by atoms with Crippen LogP contribution < -0.4 is 10.0 Å². The summed E-state index contributed by atoms with van der Waals surface area (Å²) in [6.45, 7) is 0. The lowest BCUT2D eigenvalue weighted by Gasteiger charge is -2.31. The number of benzene rings is 2. The van der Waals surface area contributed by atoms with Crippen molar-refractivity contribution in [2.24, 2.45) is 11.3 Å². The van der Waals surface area contributed by atoms with E-state index >= 15 is 0 Å². The summed E-state index contributed by atoms with van der Waals surface area (Å²) in [5, 5.41) is 12.8. The molecule has 2 aliphatic rings. The fourth-order valence-electron chi connectivity index (χ4n) is 3.90. The first-order valence-corrected chi connectivity index (χ1v) is 11.7. The standard InChI is InChI=1S/C23H24N2O4S/c1-30(28,29)25-20-15-19(9-10-21(20)26)24-22(27)23(18-7-8-18)13-11-17(12-14-23)16-5-3-2-4-6-16/h2-6,9-13,15,18,25-26H,7-8,14H2,1H3,(H,24,27). The van der Waals surface area contributed by atoms with Gasteiger partial charge in [-0.15, -0.1) is 0 Å². The van der Waals surface area contributed by atoms with Crippen molar-refractivity contribution in [1.29, 1.82) is 0 Å². The zero-order valence-electron chi connectivity index (χ0n) is 16.6. The number of sulfonamides is 1. The monoisotopic (exact) mass is 424 g/mol. The summed E-state index contributed by atoms with van der Waals surface area (Å²) in [7, 11) is -3.56. The Kier molecular flexibility index (Phi) is 5.15. The van der Waals surface area contributed by atoms with Crippen molar-refractivity contribution < 1.29 is 18.3 Å². The Morgan fingerprint density at radius 1 is 1.13 bits per heavy atom. The summed E-state index contributed by atoms with van der Waals surface area (Å²) in [5.41, 5.74) is 2.05. The van der Waals surface area contributed by atoms with Gasteiger partial charge in [0.05, 0.1) is 17.4 Å². The quantitative estimate of drug-likeness (QED) is 0.480. The maximum Gasteiger partial charge on any atom is 0.235 e. The van der Waals surface area contributed by atoms with E-state index in [2.05, 4.69) is 16.1 Å². The minimum Gasteiger partial charge on any atom is -0.506 e. The first-order chi connectivity index (χ1) is 14.3. The van der Waals surface area contributed by atoms with Gasteiger partial charge in [0.2, 0.25) is 15.9 Å². The zero-order chi connectivity index (χ0) is 21.4. The van der Waals surface area contributed by atoms with E-state index in [-0.39, 0.29) is 23.3 Å². The van der Waals surface area contributed by atoms with Crippen LogP contribution >= 0.6 is 0 Å². The minimum atomic E-state index is -3.56. The second-order valence-electron chi connectivity index (χ2n) is 7.94. The van der Waals surface area contributed by atoms with E-state index < -0.39 is 15.4 Å². The van der Waals surface area contributed by atoms with Crippen LogP contribution in [0.3, 0.4) is 0 Å². The molecule has 2 aromatic rings. The van der Waals surface area contributed by atoms with Gasteiger partial charge in [0, 0.05) is 5.69 Å². The molecule has 1 unspecified atom stereocenters. The van der Waals surface area contributed by atoms with Gasteiger partial charge in [-0.3, -0.25) is 9.52 Å². The maximum absolute atomic E-state index is 13.3. The summed E-state index contributed by atoms with van der Waals surface area (Å²) in [6.07, 6.45) is 9.76. The topological polar surface area (TPSA) is 95.5 Å². The molecule has 0 radical (unpaired) electrons. The summed E-state index contributed by atoms with van der Waals surface area (Å²) in [5.74, 6) is -0.0445. The molecule has 1 saturated carbocycles. The summed E-state index contributed by atoms with van der Waals surface area (Å²) in [6, 6.07) is 14.4. The Morgan fingerprint density at radius 2 is 1.87 bits per heavy atom. The van der Waals surface area contributed by atoms with Crippen LogP contribution in [0.2, 0.25) is 0 Å². The molecule has 6 nitrogen and oxygen atoms in total. The van der Waals surface area contributed by atoms with E-state index in [9.17, 15) is 18.3 Å². The number of phenols is 1. The fourth-order valence-corrected chi connectivity index (χ4v) is 4.46. The number of carbonyl (C=O) groups excluding carboxylic acids is 1. The van der Waals surface area contributed by atoms with Crippen molar-refractivity contribution in [3.63, 3.8) is 0 Å². The Bertz CT molecular complexity index is 1140. The number of hydrogen-bond donors (Lipinski definition) is 3. The van der Waals surface area contributed by atoms with E-state index in [1.165, 1.54) is 12.1 Å². The van der Waals surface area contributed by atoms with Crippen LogP contribution in [0, 0.1) is 11.3 Å². The van der Waals surface area contributed by atoms with E-state index in [0.29, 0.717) is 12.1 Å². The van der Waals surface area contributed by atoms with Crippen LogP contribution in [0.25, 0.3) is 5.57 Å². The minimum absolute atomic E-state index is 0.0289. The molecule has 0 aromatic heterocycles. The van der Waals surface area contributed by atoms with Crippen LogP contribution in [-0.2, 0) is 14.8 Å². The molecule has 156 valence electrons. The predicted octanol–water partition coefficient (Wildman–Crippen LogP) is 4.14. The highest BCUT2D eigenvalue weighted by Gasteiger charge is 2.49. The van der Waals surface area contributed by atoms with Gasteiger partial charge in [0.15, 0.2) is 0 Å². The second kappa shape index (κ2) is 7.65. The van der Waals surface area contributed by atoms with E-state index in [1.54, 1.807) is 6.07 Å². The van der Waals surface area contributed by atoms with Crippen molar-refractivity contribution in [1.82, 2.24) is 0 Å². The molecule has 0 bridgehead atoms. The number of nitrogens with one attached hydrogen (secondary N) is 2. The Balaban J connectivity index is 1.56. The van der Waals surface area contributed by atoms with Crippen molar-refractivity contribution in [3.05, 3.63) is 72.3 Å². The van der Waals surface area contributed by atoms with Crippen molar-refractivity contribution in [3.8, 4) is 5.75 Å². The third kappa shape index (κ3) is 4.26.